The molecule has 0 N–H and O–H groups in total. The number of hydrogen-bond acceptors (Lipinski definition) is 3. The normalized spacial score (nSPS) is 15.7. The van der Waals surface area contributed by atoms with E-state index in [2.05, 4.69) is 20.8 Å². The third kappa shape index (κ3) is 7.20. The molecule has 0 aromatic carbocycles. The summed E-state index contributed by atoms with van der Waals surface area (Å²) in [4.78, 5) is 27.0. The van der Waals surface area contributed by atoms with Crippen LogP contribution in [-0.2, 0) is 9.53 Å². The third-order valence-corrected chi connectivity index (χ3v) is 4.81. The molecule has 1 saturated heterocycles. The summed E-state index contributed by atoms with van der Waals surface area (Å²) >= 11 is 0. The molecule has 0 atom stereocenters. The fraction of sp³-hybridized carbons (Fsp3) is 0.895. The van der Waals surface area contributed by atoms with Gasteiger partial charge in [0.2, 0.25) is 5.91 Å². The Morgan fingerprint density at radius 3 is 2.25 bits per heavy atom. The molecule has 5 nitrogen and oxygen atoms in total. The summed E-state index contributed by atoms with van der Waals surface area (Å²) < 4.78 is 5.64. The summed E-state index contributed by atoms with van der Waals surface area (Å²) in [7, 11) is 0. The molecule has 1 rings (SSSR count). The average Bonchev–Trinajstić information content (AvgIpc) is 2.82. The van der Waals surface area contributed by atoms with Gasteiger partial charge in [0.05, 0.1) is 0 Å². The molecule has 1 fully saturated rings. The van der Waals surface area contributed by atoms with Crippen molar-refractivity contribution in [2.45, 2.75) is 72.6 Å². The van der Waals surface area contributed by atoms with Gasteiger partial charge in [0.15, 0.2) is 0 Å². The second-order valence-electron chi connectivity index (χ2n) is 7.53. The number of carbonyl (C=O) groups is 2. The molecular weight excluding hydrogens is 304 g/mol. The van der Waals surface area contributed by atoms with E-state index in [9.17, 15) is 9.59 Å². The van der Waals surface area contributed by atoms with Crippen LogP contribution in [0, 0.1) is 5.41 Å². The van der Waals surface area contributed by atoms with Gasteiger partial charge in [-0.2, -0.15) is 0 Å². The van der Waals surface area contributed by atoms with E-state index in [4.69, 9.17) is 4.74 Å². The summed E-state index contributed by atoms with van der Waals surface area (Å²) in [6.45, 7) is 11.6. The van der Waals surface area contributed by atoms with Gasteiger partial charge in [-0.05, 0) is 38.0 Å². The van der Waals surface area contributed by atoms with Crippen molar-refractivity contribution in [2.75, 3.05) is 32.8 Å². The van der Waals surface area contributed by atoms with Crippen LogP contribution in [0.2, 0.25) is 0 Å². The lowest BCUT2D eigenvalue weighted by molar-refractivity contribution is -0.125. The molecule has 1 aliphatic rings. The molecule has 0 aromatic heterocycles. The van der Waals surface area contributed by atoms with Gasteiger partial charge in [-0.3, -0.25) is 9.69 Å². The highest BCUT2D eigenvalue weighted by atomic mass is 16.5. The number of rotatable bonds is 13. The number of amides is 3. The average molecular weight is 341 g/mol. The number of imide groups is 1. The third-order valence-electron chi connectivity index (χ3n) is 4.81. The van der Waals surface area contributed by atoms with Crippen LogP contribution in [-0.4, -0.2) is 54.6 Å². The van der Waals surface area contributed by atoms with E-state index in [1.54, 1.807) is 4.90 Å². The van der Waals surface area contributed by atoms with E-state index >= 15 is 0 Å². The number of carbonyl (C=O) groups excluding carboxylic acids is 2. The Morgan fingerprint density at radius 2 is 1.67 bits per heavy atom. The topological polar surface area (TPSA) is 49.9 Å². The van der Waals surface area contributed by atoms with Gasteiger partial charge in [0.25, 0.3) is 0 Å². The summed E-state index contributed by atoms with van der Waals surface area (Å²) in [5.74, 6) is -0.0573. The van der Waals surface area contributed by atoms with Crippen LogP contribution in [0.1, 0.15) is 72.6 Å². The summed E-state index contributed by atoms with van der Waals surface area (Å²) in [5.41, 5.74) is 0.141. The van der Waals surface area contributed by atoms with Crippen molar-refractivity contribution in [3.05, 3.63) is 0 Å². The van der Waals surface area contributed by atoms with Crippen LogP contribution in [0.5, 0.6) is 0 Å². The van der Waals surface area contributed by atoms with E-state index in [0.29, 0.717) is 13.1 Å². The van der Waals surface area contributed by atoms with E-state index in [0.717, 1.165) is 45.3 Å². The quantitative estimate of drug-likeness (QED) is 0.375. The minimum atomic E-state index is -0.126. The zero-order chi connectivity index (χ0) is 18.0. The summed E-state index contributed by atoms with van der Waals surface area (Å²) in [6, 6.07) is -0.126. The summed E-state index contributed by atoms with van der Waals surface area (Å²) in [6.07, 6.45) is 7.81. The fourth-order valence-electron chi connectivity index (χ4n) is 2.96. The molecule has 0 aliphatic carbocycles. The van der Waals surface area contributed by atoms with Gasteiger partial charge in [-0.1, -0.05) is 40.0 Å². The van der Waals surface area contributed by atoms with Gasteiger partial charge < -0.3 is 9.64 Å². The van der Waals surface area contributed by atoms with Crippen molar-refractivity contribution in [3.8, 4) is 0 Å². The van der Waals surface area contributed by atoms with Gasteiger partial charge in [0, 0.05) is 26.3 Å². The van der Waals surface area contributed by atoms with Crippen LogP contribution >= 0.6 is 0 Å². The van der Waals surface area contributed by atoms with Crippen LogP contribution in [0.4, 0.5) is 4.79 Å². The molecule has 0 aromatic rings. The Bertz CT molecular complexity index is 396. The first-order valence-corrected chi connectivity index (χ1v) is 9.58. The number of unbranched alkanes of at least 4 members (excludes halogenated alkanes) is 3. The minimum absolute atomic E-state index is 0.0573. The largest absolute Gasteiger partial charge is 0.381 e. The first kappa shape index (κ1) is 20.9. The molecule has 0 radical (unpaired) electrons. The second kappa shape index (κ2) is 10.7. The Labute approximate surface area is 147 Å². The Balaban J connectivity index is 2.17. The molecule has 0 bridgehead atoms. The summed E-state index contributed by atoms with van der Waals surface area (Å²) in [5, 5.41) is 0. The number of urea groups is 1. The van der Waals surface area contributed by atoms with Crippen molar-refractivity contribution in [3.63, 3.8) is 0 Å². The smallest absolute Gasteiger partial charge is 0.327 e. The number of nitrogens with zero attached hydrogens (tertiary/aromatic N) is 2. The van der Waals surface area contributed by atoms with E-state index < -0.39 is 0 Å². The monoisotopic (exact) mass is 340 g/mol. The molecule has 24 heavy (non-hydrogen) atoms. The first-order chi connectivity index (χ1) is 11.4. The van der Waals surface area contributed by atoms with Crippen molar-refractivity contribution < 1.29 is 14.3 Å². The van der Waals surface area contributed by atoms with Crippen molar-refractivity contribution in [2.24, 2.45) is 5.41 Å². The first-order valence-electron chi connectivity index (χ1n) is 9.58. The minimum Gasteiger partial charge on any atom is -0.381 e. The van der Waals surface area contributed by atoms with E-state index in [1.807, 2.05) is 6.92 Å². The molecule has 0 saturated carbocycles. The molecule has 0 spiro atoms. The van der Waals surface area contributed by atoms with Crippen LogP contribution in [0.15, 0.2) is 0 Å². The standard InChI is InChI=1S/C19H36N2O3/c1-5-7-9-14-24-15-10-8-11-19(3,4)12-13-21-17(22)16-20(6-2)18(21)23/h5-16H2,1-4H3. The van der Waals surface area contributed by atoms with Crippen molar-refractivity contribution in [1.29, 1.82) is 0 Å². The maximum absolute atomic E-state index is 12.1. The van der Waals surface area contributed by atoms with Crippen LogP contribution < -0.4 is 0 Å². The predicted molar refractivity (Wildman–Crippen MR) is 96.9 cm³/mol. The lowest BCUT2D eigenvalue weighted by Gasteiger charge is -2.27. The highest BCUT2D eigenvalue weighted by molar-refractivity contribution is 6.01. The zero-order valence-corrected chi connectivity index (χ0v) is 16.1. The van der Waals surface area contributed by atoms with Gasteiger partial charge in [-0.25, -0.2) is 4.79 Å². The SMILES string of the molecule is CCCCCOCCCCC(C)(C)CCN1C(=O)CN(CC)C1=O. The Kier molecular flexibility index (Phi) is 9.34. The molecule has 1 heterocycles. The molecule has 3 amide bonds. The zero-order valence-electron chi connectivity index (χ0n) is 16.1. The lowest BCUT2D eigenvalue weighted by Crippen LogP contribution is -2.35. The van der Waals surface area contributed by atoms with Crippen LogP contribution in [0.3, 0.4) is 0 Å². The van der Waals surface area contributed by atoms with Crippen LogP contribution in [0.25, 0.3) is 0 Å². The molecule has 0 unspecified atom stereocenters. The maximum atomic E-state index is 12.1. The predicted octanol–water partition coefficient (Wildman–Crippen LogP) is 4.06. The molecule has 5 heteroatoms. The Hall–Kier alpha value is -1.10. The molecule has 1 aliphatic heterocycles. The highest BCUT2D eigenvalue weighted by Gasteiger charge is 2.35. The second-order valence-corrected chi connectivity index (χ2v) is 7.53. The number of hydrogen-bond donors (Lipinski definition) is 0. The van der Waals surface area contributed by atoms with Gasteiger partial charge in [0.1, 0.15) is 6.54 Å². The maximum Gasteiger partial charge on any atom is 0.327 e. The lowest BCUT2D eigenvalue weighted by atomic mass is 9.84. The van der Waals surface area contributed by atoms with E-state index in [1.165, 1.54) is 17.7 Å². The molecule has 140 valence electrons. The van der Waals surface area contributed by atoms with Gasteiger partial charge in [-0.15, -0.1) is 0 Å². The number of likely N-dealkylation sites (N-methyl/N-ethyl adjacent to an activating group) is 1. The Morgan fingerprint density at radius 1 is 1.00 bits per heavy atom. The van der Waals surface area contributed by atoms with E-state index in [-0.39, 0.29) is 23.9 Å². The number of ether oxygens (including phenoxy) is 1. The van der Waals surface area contributed by atoms with Crippen molar-refractivity contribution in [1.82, 2.24) is 9.80 Å². The molecular formula is C19H36N2O3. The van der Waals surface area contributed by atoms with Crippen molar-refractivity contribution >= 4 is 11.9 Å². The van der Waals surface area contributed by atoms with Gasteiger partial charge >= 0.3 is 6.03 Å². The highest BCUT2D eigenvalue weighted by Crippen LogP contribution is 2.28. The fourth-order valence-corrected chi connectivity index (χ4v) is 2.96.